The summed E-state index contributed by atoms with van der Waals surface area (Å²) in [6.07, 6.45) is 18.7. The number of hydrogen-bond acceptors (Lipinski definition) is 7. The topological polar surface area (TPSA) is 62.3 Å². The average Bonchev–Trinajstić information content (AvgIpc) is 3.61. The van der Waals surface area contributed by atoms with Crippen LogP contribution in [0.5, 0.6) is 5.75 Å². The Morgan fingerprint density at radius 3 is 2.27 bits per heavy atom. The van der Waals surface area contributed by atoms with Gasteiger partial charge in [0.15, 0.2) is 6.73 Å². The number of anilines is 2. The molecule has 0 atom stereocenters. The molecule has 0 N–H and O–H groups in total. The van der Waals surface area contributed by atoms with E-state index in [1.54, 1.807) is 4.90 Å². The Morgan fingerprint density at radius 2 is 1.51 bits per heavy atom. The largest absolute Gasteiger partial charge is 0.494 e. The van der Waals surface area contributed by atoms with Gasteiger partial charge in [0.05, 0.1) is 12.3 Å². The number of esters is 1. The third kappa shape index (κ3) is 11.7. The van der Waals surface area contributed by atoms with E-state index >= 15 is 0 Å². The van der Waals surface area contributed by atoms with Gasteiger partial charge in [-0.1, -0.05) is 89.7 Å². The lowest BCUT2D eigenvalue weighted by Gasteiger charge is -2.36. The molecule has 0 aliphatic carbocycles. The van der Waals surface area contributed by atoms with Crippen LogP contribution >= 0.6 is 11.3 Å². The number of amides is 1. The normalized spacial score (nSPS) is 15.2. The predicted molar refractivity (Wildman–Crippen MR) is 204 cm³/mol. The standard InChI is InChI=1S/C41H59N3O4S/c1-2-3-4-5-6-7-8-9-10-11-12-13-19-41(46)48-33-44-38-32-35(22-20-34(38)21-23-40(44)45)47-30-15-14-25-42-26-28-43(29-27-42)37-17-16-18-39-36(37)24-31-49-39/h16-18,20,22,24,31-32H,2-15,19,21,23,25-30,33H2,1H3. The quantitative estimate of drug-likeness (QED) is 0.0773. The highest BCUT2D eigenvalue weighted by atomic mass is 32.1. The number of thiophene rings is 1. The summed E-state index contributed by atoms with van der Waals surface area (Å²) in [5.41, 5.74) is 3.27. The minimum atomic E-state index is -0.222. The summed E-state index contributed by atoms with van der Waals surface area (Å²) in [5, 5.41) is 3.56. The summed E-state index contributed by atoms with van der Waals surface area (Å²) in [6.45, 7) is 8.24. The van der Waals surface area contributed by atoms with E-state index in [1.165, 1.54) is 80.0 Å². The number of piperazine rings is 1. The fraction of sp³-hybridized carbons (Fsp3) is 0.610. The zero-order chi connectivity index (χ0) is 34.1. The molecule has 3 aromatic rings. The summed E-state index contributed by atoms with van der Waals surface area (Å²) in [6, 6.07) is 14.9. The molecule has 1 saturated heterocycles. The Morgan fingerprint density at radius 1 is 0.776 bits per heavy atom. The molecule has 2 aliphatic heterocycles. The number of carbonyl (C=O) groups excluding carboxylic acids is 2. The van der Waals surface area contributed by atoms with Crippen molar-refractivity contribution in [1.29, 1.82) is 0 Å². The zero-order valence-electron chi connectivity index (χ0n) is 30.0. The maximum absolute atomic E-state index is 12.8. The summed E-state index contributed by atoms with van der Waals surface area (Å²) < 4.78 is 13.1. The van der Waals surface area contributed by atoms with Crippen LogP contribution in [0.25, 0.3) is 10.1 Å². The molecule has 268 valence electrons. The molecule has 1 aromatic heterocycles. The zero-order valence-corrected chi connectivity index (χ0v) is 30.8. The molecule has 1 fully saturated rings. The first-order valence-electron chi connectivity index (χ1n) is 19.3. The van der Waals surface area contributed by atoms with Crippen molar-refractivity contribution in [3.8, 4) is 5.75 Å². The number of benzene rings is 2. The Balaban J connectivity index is 0.941. The van der Waals surface area contributed by atoms with E-state index in [4.69, 9.17) is 9.47 Å². The number of ether oxygens (including phenoxy) is 2. The summed E-state index contributed by atoms with van der Waals surface area (Å²) in [4.78, 5) is 32.0. The van der Waals surface area contributed by atoms with Gasteiger partial charge in [-0.15, -0.1) is 11.3 Å². The highest BCUT2D eigenvalue weighted by Gasteiger charge is 2.26. The van der Waals surface area contributed by atoms with Crippen molar-refractivity contribution in [3.05, 3.63) is 53.4 Å². The second-order valence-electron chi connectivity index (χ2n) is 13.9. The van der Waals surface area contributed by atoms with Gasteiger partial charge in [-0.3, -0.25) is 19.4 Å². The Kier molecular flexibility index (Phi) is 15.6. The van der Waals surface area contributed by atoms with Crippen LogP contribution in [0.2, 0.25) is 0 Å². The van der Waals surface area contributed by atoms with Gasteiger partial charge in [0, 0.05) is 60.9 Å². The van der Waals surface area contributed by atoms with Crippen molar-refractivity contribution in [1.82, 2.24) is 4.90 Å². The lowest BCUT2D eigenvalue weighted by Crippen LogP contribution is -2.46. The smallest absolute Gasteiger partial charge is 0.307 e. The highest BCUT2D eigenvalue weighted by molar-refractivity contribution is 7.17. The molecule has 0 unspecified atom stereocenters. The summed E-state index contributed by atoms with van der Waals surface area (Å²) in [5.74, 6) is 0.535. The first-order valence-corrected chi connectivity index (χ1v) is 20.2. The maximum Gasteiger partial charge on any atom is 0.307 e. The van der Waals surface area contributed by atoms with Crippen molar-refractivity contribution in [3.63, 3.8) is 0 Å². The van der Waals surface area contributed by atoms with Crippen molar-refractivity contribution in [2.24, 2.45) is 0 Å². The monoisotopic (exact) mass is 689 g/mol. The molecule has 7 nitrogen and oxygen atoms in total. The van der Waals surface area contributed by atoms with Crippen molar-refractivity contribution < 1.29 is 19.1 Å². The predicted octanol–water partition coefficient (Wildman–Crippen LogP) is 9.75. The second kappa shape index (κ2) is 20.5. The third-order valence-electron chi connectivity index (χ3n) is 10.2. The van der Waals surface area contributed by atoms with Crippen molar-refractivity contribution >= 4 is 44.7 Å². The summed E-state index contributed by atoms with van der Waals surface area (Å²) in [7, 11) is 0. The van der Waals surface area contributed by atoms with Gasteiger partial charge in [-0.25, -0.2) is 0 Å². The van der Waals surface area contributed by atoms with Gasteiger partial charge in [0.25, 0.3) is 0 Å². The van der Waals surface area contributed by atoms with Crippen LogP contribution in [0.3, 0.4) is 0 Å². The Hall–Kier alpha value is -3.10. The molecular formula is C41H59N3O4S. The fourth-order valence-electron chi connectivity index (χ4n) is 7.16. The van der Waals surface area contributed by atoms with E-state index in [0.29, 0.717) is 25.9 Å². The number of hydrogen-bond donors (Lipinski definition) is 0. The van der Waals surface area contributed by atoms with Crippen LogP contribution in [0.1, 0.15) is 115 Å². The van der Waals surface area contributed by atoms with Crippen LogP contribution < -0.4 is 14.5 Å². The number of fused-ring (bicyclic) bond motifs is 2. The van der Waals surface area contributed by atoms with Crippen LogP contribution in [-0.2, 0) is 20.7 Å². The van der Waals surface area contributed by atoms with E-state index in [1.807, 2.05) is 23.5 Å². The van der Waals surface area contributed by atoms with Gasteiger partial charge >= 0.3 is 5.97 Å². The van der Waals surface area contributed by atoms with Gasteiger partial charge < -0.3 is 14.4 Å². The Bertz CT molecular complexity index is 1430. The lowest BCUT2D eigenvalue weighted by molar-refractivity contribution is -0.144. The first kappa shape index (κ1) is 37.2. The van der Waals surface area contributed by atoms with Crippen LogP contribution in [0.15, 0.2) is 47.8 Å². The number of unbranched alkanes of at least 4 members (excludes halogenated alkanes) is 12. The van der Waals surface area contributed by atoms with E-state index in [2.05, 4.69) is 52.4 Å². The van der Waals surface area contributed by atoms with E-state index in [-0.39, 0.29) is 18.6 Å². The van der Waals surface area contributed by atoms with Gasteiger partial charge in [-0.2, -0.15) is 0 Å². The van der Waals surface area contributed by atoms with Gasteiger partial charge in [-0.05, 0) is 67.4 Å². The molecule has 2 aliphatic rings. The molecule has 2 aromatic carbocycles. The molecule has 49 heavy (non-hydrogen) atoms. The van der Waals surface area contributed by atoms with E-state index < -0.39 is 0 Å². The van der Waals surface area contributed by atoms with Crippen LogP contribution in [0.4, 0.5) is 11.4 Å². The second-order valence-corrected chi connectivity index (χ2v) is 14.8. The van der Waals surface area contributed by atoms with Crippen molar-refractivity contribution in [2.75, 3.05) is 55.9 Å². The van der Waals surface area contributed by atoms with Crippen LogP contribution in [-0.4, -0.2) is 62.8 Å². The average molecular weight is 690 g/mol. The van der Waals surface area contributed by atoms with Crippen molar-refractivity contribution in [2.45, 2.75) is 116 Å². The first-order chi connectivity index (χ1) is 24.1. The molecule has 0 radical (unpaired) electrons. The number of carbonyl (C=O) groups is 2. The summed E-state index contributed by atoms with van der Waals surface area (Å²) >= 11 is 1.81. The van der Waals surface area contributed by atoms with Crippen LogP contribution in [0, 0.1) is 0 Å². The molecule has 3 heterocycles. The Labute approximate surface area is 298 Å². The number of nitrogens with zero attached hydrogens (tertiary/aromatic N) is 3. The number of rotatable bonds is 22. The fourth-order valence-corrected chi connectivity index (χ4v) is 7.97. The minimum absolute atomic E-state index is 0.00471. The number of aryl methyl sites for hydroxylation is 1. The maximum atomic E-state index is 12.8. The van der Waals surface area contributed by atoms with Gasteiger partial charge in [0.1, 0.15) is 5.75 Å². The molecule has 1 amide bonds. The molecule has 0 spiro atoms. The molecule has 5 rings (SSSR count). The van der Waals surface area contributed by atoms with Gasteiger partial charge in [0.2, 0.25) is 5.91 Å². The highest BCUT2D eigenvalue weighted by Crippen LogP contribution is 2.33. The van der Waals surface area contributed by atoms with E-state index in [9.17, 15) is 9.59 Å². The SMILES string of the molecule is CCCCCCCCCCCCCCC(=O)OCN1C(=O)CCc2ccc(OCCCCN3CCN(c4cccc5sccc45)CC3)cc21. The molecular weight excluding hydrogens is 631 g/mol. The molecule has 0 saturated carbocycles. The molecule has 8 heteroatoms. The minimum Gasteiger partial charge on any atom is -0.494 e. The molecule has 0 bridgehead atoms. The third-order valence-corrected chi connectivity index (χ3v) is 11.1. The lowest BCUT2D eigenvalue weighted by atomic mass is 10.0. The van der Waals surface area contributed by atoms with E-state index in [0.717, 1.165) is 75.4 Å².